The first-order valence-corrected chi connectivity index (χ1v) is 8.14. The maximum atomic E-state index is 12.8. The van der Waals surface area contributed by atoms with Gasteiger partial charge in [-0.3, -0.25) is 4.79 Å². The highest BCUT2D eigenvalue weighted by molar-refractivity contribution is 5.85. The van der Waals surface area contributed by atoms with Crippen molar-refractivity contribution in [2.24, 2.45) is 29.1 Å². The molecule has 1 heteroatoms. The summed E-state index contributed by atoms with van der Waals surface area (Å²) in [5, 5.41) is 0. The van der Waals surface area contributed by atoms with E-state index >= 15 is 0 Å². The normalized spacial score (nSPS) is 43.1. The van der Waals surface area contributed by atoms with Crippen molar-refractivity contribution in [3.63, 3.8) is 0 Å². The molecule has 0 saturated heterocycles. The van der Waals surface area contributed by atoms with E-state index in [4.69, 9.17) is 0 Å². The van der Waals surface area contributed by atoms with Crippen LogP contribution in [0.25, 0.3) is 0 Å². The van der Waals surface area contributed by atoms with Crippen molar-refractivity contribution in [2.45, 2.75) is 71.6 Å². The van der Waals surface area contributed by atoms with Crippen molar-refractivity contribution in [2.75, 3.05) is 0 Å². The molecule has 0 aromatic rings. The lowest BCUT2D eigenvalue weighted by Crippen LogP contribution is -2.50. The minimum absolute atomic E-state index is 0.150. The SMILES string of the molecule is CCCC(C)CC(=O)C12CC3CC(CC(C3)C1)C2. The number of Topliss-reactive ketones (excluding diaryl/α,β-unsaturated/α-hetero) is 1. The van der Waals surface area contributed by atoms with Gasteiger partial charge in [0.05, 0.1) is 0 Å². The lowest BCUT2D eigenvalue weighted by Gasteiger charge is -2.56. The van der Waals surface area contributed by atoms with Crippen LogP contribution in [-0.2, 0) is 4.79 Å². The number of hydrogen-bond acceptors (Lipinski definition) is 1. The molecule has 0 aliphatic heterocycles. The number of ketones is 1. The van der Waals surface area contributed by atoms with Crippen molar-refractivity contribution < 1.29 is 4.79 Å². The van der Waals surface area contributed by atoms with Gasteiger partial charge in [0.15, 0.2) is 0 Å². The lowest BCUT2D eigenvalue weighted by atomic mass is 9.48. The highest BCUT2D eigenvalue weighted by atomic mass is 16.1. The molecular weight excluding hydrogens is 220 g/mol. The quantitative estimate of drug-likeness (QED) is 0.695. The second kappa shape index (κ2) is 4.65. The Hall–Kier alpha value is -0.330. The minimum Gasteiger partial charge on any atom is -0.299 e. The van der Waals surface area contributed by atoms with Gasteiger partial charge in [-0.2, -0.15) is 0 Å². The molecule has 1 unspecified atom stereocenters. The maximum absolute atomic E-state index is 12.8. The van der Waals surface area contributed by atoms with Crippen molar-refractivity contribution in [1.82, 2.24) is 0 Å². The van der Waals surface area contributed by atoms with Crippen LogP contribution in [0.2, 0.25) is 0 Å². The maximum Gasteiger partial charge on any atom is 0.139 e. The van der Waals surface area contributed by atoms with E-state index in [0.717, 1.165) is 24.2 Å². The Kier molecular flexibility index (Phi) is 3.28. The molecule has 1 atom stereocenters. The first-order chi connectivity index (χ1) is 8.61. The standard InChI is InChI=1S/C17H28O/c1-3-4-12(2)5-16(18)17-9-13-6-14(10-17)8-15(7-13)11-17/h12-15H,3-11H2,1-2H3. The van der Waals surface area contributed by atoms with Crippen LogP contribution < -0.4 is 0 Å². The summed E-state index contributed by atoms with van der Waals surface area (Å²) in [7, 11) is 0. The number of carbonyl (C=O) groups excluding carboxylic acids is 1. The van der Waals surface area contributed by atoms with E-state index in [2.05, 4.69) is 13.8 Å². The largest absolute Gasteiger partial charge is 0.299 e. The zero-order valence-corrected chi connectivity index (χ0v) is 12.1. The third-order valence-electron chi connectivity index (χ3n) is 5.95. The smallest absolute Gasteiger partial charge is 0.139 e. The van der Waals surface area contributed by atoms with Crippen LogP contribution in [0.1, 0.15) is 71.6 Å². The Balaban J connectivity index is 1.69. The van der Waals surface area contributed by atoms with Crippen molar-refractivity contribution in [3.05, 3.63) is 0 Å². The summed E-state index contributed by atoms with van der Waals surface area (Å²) in [6.07, 6.45) is 11.4. The fourth-order valence-electron chi connectivity index (χ4n) is 5.58. The van der Waals surface area contributed by atoms with Gasteiger partial charge in [0.2, 0.25) is 0 Å². The first kappa shape index (κ1) is 12.7. The van der Waals surface area contributed by atoms with Gasteiger partial charge in [0.25, 0.3) is 0 Å². The first-order valence-electron chi connectivity index (χ1n) is 8.14. The summed E-state index contributed by atoms with van der Waals surface area (Å²) < 4.78 is 0. The molecule has 0 radical (unpaired) electrons. The highest BCUT2D eigenvalue weighted by Crippen LogP contribution is 2.60. The Bertz CT molecular complexity index is 295. The van der Waals surface area contributed by atoms with E-state index in [0.29, 0.717) is 11.7 Å². The van der Waals surface area contributed by atoms with Gasteiger partial charge in [-0.1, -0.05) is 26.7 Å². The summed E-state index contributed by atoms with van der Waals surface area (Å²) in [6, 6.07) is 0. The molecular formula is C17H28O. The van der Waals surface area contributed by atoms with E-state index in [1.165, 1.54) is 51.4 Å². The predicted molar refractivity (Wildman–Crippen MR) is 74.3 cm³/mol. The summed E-state index contributed by atoms with van der Waals surface area (Å²) >= 11 is 0. The summed E-state index contributed by atoms with van der Waals surface area (Å²) in [5.74, 6) is 3.96. The molecule has 0 spiro atoms. The Labute approximate surface area is 112 Å². The van der Waals surface area contributed by atoms with Gasteiger partial charge in [-0.05, 0) is 62.2 Å². The molecule has 4 bridgehead atoms. The fraction of sp³-hybridized carbons (Fsp3) is 0.941. The molecule has 4 rings (SSSR count). The molecule has 4 aliphatic carbocycles. The molecule has 0 N–H and O–H groups in total. The average molecular weight is 248 g/mol. The van der Waals surface area contributed by atoms with E-state index in [-0.39, 0.29) is 5.41 Å². The van der Waals surface area contributed by atoms with Crippen molar-refractivity contribution in [1.29, 1.82) is 0 Å². The van der Waals surface area contributed by atoms with Crippen LogP contribution in [0.4, 0.5) is 0 Å². The molecule has 1 nitrogen and oxygen atoms in total. The van der Waals surface area contributed by atoms with E-state index in [1.807, 2.05) is 0 Å². The number of rotatable bonds is 5. The second-order valence-corrected chi connectivity index (χ2v) is 7.72. The van der Waals surface area contributed by atoms with Gasteiger partial charge in [0, 0.05) is 11.8 Å². The van der Waals surface area contributed by atoms with Crippen LogP contribution in [-0.4, -0.2) is 5.78 Å². The molecule has 4 fully saturated rings. The Morgan fingerprint density at radius 3 is 2.06 bits per heavy atom. The van der Waals surface area contributed by atoms with Gasteiger partial charge < -0.3 is 0 Å². The van der Waals surface area contributed by atoms with E-state index in [1.54, 1.807) is 0 Å². The molecule has 102 valence electrons. The Morgan fingerprint density at radius 1 is 1.11 bits per heavy atom. The molecule has 0 aromatic carbocycles. The van der Waals surface area contributed by atoms with E-state index < -0.39 is 0 Å². The Morgan fingerprint density at radius 2 is 1.61 bits per heavy atom. The van der Waals surface area contributed by atoms with Crippen LogP contribution in [0.15, 0.2) is 0 Å². The van der Waals surface area contributed by atoms with Gasteiger partial charge in [-0.25, -0.2) is 0 Å². The molecule has 4 aliphatic rings. The minimum atomic E-state index is 0.150. The molecule has 0 aromatic heterocycles. The zero-order valence-electron chi connectivity index (χ0n) is 12.1. The second-order valence-electron chi connectivity index (χ2n) is 7.72. The fourth-order valence-corrected chi connectivity index (χ4v) is 5.58. The van der Waals surface area contributed by atoms with Crippen LogP contribution in [0, 0.1) is 29.1 Å². The van der Waals surface area contributed by atoms with Crippen LogP contribution in [0.3, 0.4) is 0 Å². The molecule has 0 amide bonds. The summed E-state index contributed by atoms with van der Waals surface area (Å²) in [5.41, 5.74) is 0.150. The predicted octanol–water partition coefficient (Wildman–Crippen LogP) is 4.60. The van der Waals surface area contributed by atoms with Gasteiger partial charge in [-0.15, -0.1) is 0 Å². The van der Waals surface area contributed by atoms with Crippen LogP contribution >= 0.6 is 0 Å². The number of hydrogen-bond donors (Lipinski definition) is 0. The van der Waals surface area contributed by atoms with E-state index in [9.17, 15) is 4.79 Å². The summed E-state index contributed by atoms with van der Waals surface area (Å²) in [4.78, 5) is 12.8. The molecule has 4 saturated carbocycles. The topological polar surface area (TPSA) is 17.1 Å². The monoisotopic (exact) mass is 248 g/mol. The van der Waals surface area contributed by atoms with Gasteiger partial charge >= 0.3 is 0 Å². The lowest BCUT2D eigenvalue weighted by molar-refractivity contribution is -0.144. The summed E-state index contributed by atoms with van der Waals surface area (Å²) in [6.45, 7) is 4.49. The number of carbonyl (C=O) groups is 1. The average Bonchev–Trinajstić information content (AvgIpc) is 2.27. The van der Waals surface area contributed by atoms with Crippen LogP contribution in [0.5, 0.6) is 0 Å². The van der Waals surface area contributed by atoms with Crippen molar-refractivity contribution >= 4 is 5.78 Å². The van der Waals surface area contributed by atoms with Crippen molar-refractivity contribution in [3.8, 4) is 0 Å². The molecule has 0 heterocycles. The van der Waals surface area contributed by atoms with Gasteiger partial charge in [0.1, 0.15) is 5.78 Å². The third-order valence-corrected chi connectivity index (χ3v) is 5.95. The zero-order chi connectivity index (χ0) is 12.8. The molecule has 18 heavy (non-hydrogen) atoms. The highest BCUT2D eigenvalue weighted by Gasteiger charge is 2.54. The third kappa shape index (κ3) is 2.14.